The zero-order valence-electron chi connectivity index (χ0n) is 8.64. The molecular formula is C11H14N2S2. The van der Waals surface area contributed by atoms with Gasteiger partial charge in [0.2, 0.25) is 0 Å². The Morgan fingerprint density at radius 1 is 1.47 bits per heavy atom. The van der Waals surface area contributed by atoms with Crippen molar-refractivity contribution >= 4 is 33.3 Å². The topological polar surface area (TPSA) is 38.9 Å². The van der Waals surface area contributed by atoms with E-state index in [0.29, 0.717) is 0 Å². The van der Waals surface area contributed by atoms with E-state index in [4.69, 9.17) is 5.73 Å². The summed E-state index contributed by atoms with van der Waals surface area (Å²) in [6.07, 6.45) is 3.10. The minimum absolute atomic E-state index is 0.0925. The highest BCUT2D eigenvalue weighted by Crippen LogP contribution is 2.26. The smallest absolute Gasteiger partial charge is 0.111 e. The van der Waals surface area contributed by atoms with Gasteiger partial charge < -0.3 is 5.73 Å². The van der Waals surface area contributed by atoms with Crippen LogP contribution in [-0.2, 0) is 0 Å². The largest absolute Gasteiger partial charge is 0.322 e. The first kappa shape index (κ1) is 10.9. The normalized spacial score (nSPS) is 13.2. The maximum atomic E-state index is 6.08. The molecule has 0 saturated heterocycles. The van der Waals surface area contributed by atoms with E-state index in [2.05, 4.69) is 17.3 Å². The number of aromatic nitrogens is 1. The third-order valence-electron chi connectivity index (χ3n) is 2.26. The molecule has 1 aromatic heterocycles. The molecule has 80 valence electrons. The van der Waals surface area contributed by atoms with Crippen molar-refractivity contribution in [3.63, 3.8) is 0 Å². The average Bonchev–Trinajstić information content (AvgIpc) is 2.69. The number of nitrogens with zero attached hydrogens (tertiary/aromatic N) is 1. The number of thioether (sulfide) groups is 1. The minimum atomic E-state index is 0.0925. The molecule has 0 fully saturated rings. The quantitative estimate of drug-likeness (QED) is 0.889. The zero-order chi connectivity index (χ0) is 10.7. The number of rotatable bonds is 4. The number of benzene rings is 1. The predicted molar refractivity (Wildman–Crippen MR) is 69.5 cm³/mol. The fraction of sp³-hybridized carbons (Fsp3) is 0.364. The molecule has 15 heavy (non-hydrogen) atoms. The lowest BCUT2D eigenvalue weighted by molar-refractivity contribution is 0.701. The summed E-state index contributed by atoms with van der Waals surface area (Å²) in [5, 5.41) is 1.06. The van der Waals surface area contributed by atoms with E-state index in [0.717, 1.165) is 22.7 Å². The zero-order valence-corrected chi connectivity index (χ0v) is 10.3. The van der Waals surface area contributed by atoms with Crippen LogP contribution in [-0.4, -0.2) is 17.0 Å². The predicted octanol–water partition coefficient (Wildman–Crippen LogP) is 3.05. The lowest BCUT2D eigenvalue weighted by Gasteiger charge is -2.05. The van der Waals surface area contributed by atoms with Gasteiger partial charge in [0.05, 0.1) is 16.3 Å². The SMILES string of the molecule is CSCC[C@H](N)c1nc2ccccc2s1. The molecule has 1 heterocycles. The first-order valence-electron chi connectivity index (χ1n) is 4.91. The molecule has 0 spiro atoms. The second kappa shape index (κ2) is 4.96. The molecule has 0 aliphatic rings. The molecule has 0 aliphatic carbocycles. The van der Waals surface area contributed by atoms with Gasteiger partial charge in [-0.25, -0.2) is 4.98 Å². The number of nitrogens with two attached hydrogens (primary N) is 1. The number of hydrogen-bond acceptors (Lipinski definition) is 4. The van der Waals surface area contributed by atoms with Crippen LogP contribution in [0.25, 0.3) is 10.2 Å². The van der Waals surface area contributed by atoms with Gasteiger partial charge >= 0.3 is 0 Å². The highest BCUT2D eigenvalue weighted by molar-refractivity contribution is 7.98. The summed E-state index contributed by atoms with van der Waals surface area (Å²) < 4.78 is 1.23. The second-order valence-electron chi connectivity index (χ2n) is 3.41. The molecule has 4 heteroatoms. The number of thiazole rings is 1. The molecule has 2 nitrogen and oxygen atoms in total. The monoisotopic (exact) mass is 238 g/mol. The molecule has 0 saturated carbocycles. The van der Waals surface area contributed by atoms with Crippen molar-refractivity contribution < 1.29 is 0 Å². The van der Waals surface area contributed by atoms with Crippen LogP contribution in [0.5, 0.6) is 0 Å². The van der Waals surface area contributed by atoms with Gasteiger partial charge in [-0.1, -0.05) is 12.1 Å². The van der Waals surface area contributed by atoms with E-state index in [9.17, 15) is 0 Å². The van der Waals surface area contributed by atoms with Crippen molar-refractivity contribution in [2.24, 2.45) is 5.73 Å². The van der Waals surface area contributed by atoms with Crippen LogP contribution in [0, 0.1) is 0 Å². The number of para-hydroxylation sites is 1. The van der Waals surface area contributed by atoms with Gasteiger partial charge in [-0.05, 0) is 30.6 Å². The van der Waals surface area contributed by atoms with E-state index in [1.165, 1.54) is 4.70 Å². The van der Waals surface area contributed by atoms with Crippen LogP contribution in [0.2, 0.25) is 0 Å². The van der Waals surface area contributed by atoms with Crippen LogP contribution in [0.1, 0.15) is 17.5 Å². The summed E-state index contributed by atoms with van der Waals surface area (Å²) in [6, 6.07) is 8.28. The Balaban J connectivity index is 2.20. The molecule has 1 aromatic carbocycles. The molecule has 2 aromatic rings. The summed E-state index contributed by atoms with van der Waals surface area (Å²) in [5.74, 6) is 1.09. The average molecular weight is 238 g/mol. The molecule has 2 rings (SSSR count). The second-order valence-corrected chi connectivity index (χ2v) is 5.46. The first-order chi connectivity index (χ1) is 7.31. The summed E-state index contributed by atoms with van der Waals surface area (Å²) in [7, 11) is 0. The first-order valence-corrected chi connectivity index (χ1v) is 7.12. The van der Waals surface area contributed by atoms with Gasteiger partial charge in [-0.3, -0.25) is 0 Å². The fourth-order valence-corrected chi connectivity index (χ4v) is 2.91. The van der Waals surface area contributed by atoms with Gasteiger partial charge in [-0.15, -0.1) is 11.3 Å². The van der Waals surface area contributed by atoms with Gasteiger partial charge in [0.25, 0.3) is 0 Å². The number of fused-ring (bicyclic) bond motifs is 1. The summed E-state index contributed by atoms with van der Waals surface area (Å²) in [5.41, 5.74) is 7.15. The van der Waals surface area contributed by atoms with E-state index >= 15 is 0 Å². The number of hydrogen-bond donors (Lipinski definition) is 1. The Hall–Kier alpha value is -0.580. The summed E-state index contributed by atoms with van der Waals surface area (Å²) in [6.45, 7) is 0. The third-order valence-corrected chi connectivity index (χ3v) is 4.07. The Morgan fingerprint density at radius 2 is 2.27 bits per heavy atom. The molecule has 0 aliphatic heterocycles. The molecule has 1 atom stereocenters. The van der Waals surface area contributed by atoms with Gasteiger partial charge in [0, 0.05) is 0 Å². The van der Waals surface area contributed by atoms with E-state index in [1.54, 1.807) is 11.3 Å². The van der Waals surface area contributed by atoms with Gasteiger partial charge in [0.15, 0.2) is 0 Å². The van der Waals surface area contributed by atoms with Crippen LogP contribution < -0.4 is 5.73 Å². The van der Waals surface area contributed by atoms with Crippen molar-refractivity contribution in [2.75, 3.05) is 12.0 Å². The van der Waals surface area contributed by atoms with Crippen molar-refractivity contribution in [3.8, 4) is 0 Å². The lowest BCUT2D eigenvalue weighted by Crippen LogP contribution is -2.10. The maximum absolute atomic E-state index is 6.08. The van der Waals surface area contributed by atoms with Gasteiger partial charge in [-0.2, -0.15) is 11.8 Å². The molecule has 2 N–H and O–H groups in total. The summed E-state index contributed by atoms with van der Waals surface area (Å²) >= 11 is 3.54. The molecule has 0 amide bonds. The molecule has 0 radical (unpaired) electrons. The molecule has 0 unspecified atom stereocenters. The highest BCUT2D eigenvalue weighted by Gasteiger charge is 2.10. The highest BCUT2D eigenvalue weighted by atomic mass is 32.2. The van der Waals surface area contributed by atoms with Crippen molar-refractivity contribution in [1.29, 1.82) is 0 Å². The maximum Gasteiger partial charge on any atom is 0.111 e. The van der Waals surface area contributed by atoms with E-state index < -0.39 is 0 Å². The van der Waals surface area contributed by atoms with Crippen molar-refractivity contribution in [1.82, 2.24) is 4.98 Å². The Labute approximate surface area is 97.9 Å². The van der Waals surface area contributed by atoms with E-state index in [-0.39, 0.29) is 6.04 Å². The standard InChI is InChI=1S/C11H14N2S2/c1-14-7-6-8(12)11-13-9-4-2-3-5-10(9)15-11/h2-5,8H,6-7,12H2,1H3/t8-/m0/s1. The molecule has 0 bridgehead atoms. The Kier molecular flexibility index (Phi) is 3.61. The Bertz CT molecular complexity index is 406. The summed E-state index contributed by atoms with van der Waals surface area (Å²) in [4.78, 5) is 4.55. The van der Waals surface area contributed by atoms with Crippen LogP contribution in [0.4, 0.5) is 0 Å². The van der Waals surface area contributed by atoms with Crippen LogP contribution in [0.15, 0.2) is 24.3 Å². The fourth-order valence-electron chi connectivity index (χ4n) is 1.42. The minimum Gasteiger partial charge on any atom is -0.322 e. The Morgan fingerprint density at radius 3 is 3.00 bits per heavy atom. The lowest BCUT2D eigenvalue weighted by atomic mass is 10.2. The van der Waals surface area contributed by atoms with Gasteiger partial charge in [0.1, 0.15) is 5.01 Å². The van der Waals surface area contributed by atoms with Crippen molar-refractivity contribution in [3.05, 3.63) is 29.3 Å². The van der Waals surface area contributed by atoms with Crippen molar-refractivity contribution in [2.45, 2.75) is 12.5 Å². The van der Waals surface area contributed by atoms with E-state index in [1.807, 2.05) is 30.0 Å². The van der Waals surface area contributed by atoms with Crippen LogP contribution >= 0.6 is 23.1 Å². The molecular weight excluding hydrogens is 224 g/mol. The third kappa shape index (κ3) is 2.51. The van der Waals surface area contributed by atoms with Crippen LogP contribution in [0.3, 0.4) is 0 Å².